The van der Waals surface area contributed by atoms with Crippen LogP contribution in [0.3, 0.4) is 0 Å². The molecule has 0 aliphatic carbocycles. The van der Waals surface area contributed by atoms with Crippen molar-refractivity contribution in [2.45, 2.75) is 0 Å². The third kappa shape index (κ3) is 3.63. The largest absolute Gasteiger partial charge is 0.276 e. The summed E-state index contributed by atoms with van der Waals surface area (Å²) in [5, 5.41) is 12.4. The van der Waals surface area contributed by atoms with E-state index in [4.69, 9.17) is 0 Å². The van der Waals surface area contributed by atoms with E-state index in [1.54, 1.807) is 0 Å². The molecule has 2 nitrogen and oxygen atoms in total. The van der Waals surface area contributed by atoms with E-state index < -0.39 is 0 Å². The van der Waals surface area contributed by atoms with Crippen LogP contribution in [0.15, 0.2) is 156 Å². The summed E-state index contributed by atoms with van der Waals surface area (Å²) in [7, 11) is 0. The first-order chi connectivity index (χ1) is 21.2. The molecule has 0 N–H and O–H groups in total. The summed E-state index contributed by atoms with van der Waals surface area (Å²) in [5.74, 6) is 0. The number of hydrogen-bond acceptors (Lipinski definition) is 1. The second kappa shape index (κ2) is 9.14. The maximum Gasteiger partial charge on any atom is 0.263 e. The molecule has 2 heteroatoms. The highest BCUT2D eigenvalue weighted by atomic mass is 16.1. The van der Waals surface area contributed by atoms with Crippen molar-refractivity contribution < 1.29 is 0 Å². The number of benzene rings is 8. The van der Waals surface area contributed by atoms with Crippen LogP contribution in [0.5, 0.6) is 0 Å². The molecule has 9 rings (SSSR count). The highest BCUT2D eigenvalue weighted by Gasteiger charge is 2.15. The molecule has 1 aromatic heterocycles. The molecule has 0 aliphatic rings. The summed E-state index contributed by atoms with van der Waals surface area (Å²) in [6, 6.07) is 53.2. The zero-order chi connectivity index (χ0) is 28.5. The molecule has 8 aromatic carbocycles. The van der Waals surface area contributed by atoms with Crippen molar-refractivity contribution in [1.29, 1.82) is 0 Å². The summed E-state index contributed by atoms with van der Waals surface area (Å²) in [5.41, 5.74) is 4.08. The van der Waals surface area contributed by atoms with Crippen LogP contribution >= 0.6 is 0 Å². The average Bonchev–Trinajstić information content (AvgIpc) is 3.07. The van der Waals surface area contributed by atoms with E-state index in [0.717, 1.165) is 43.7 Å². The second-order valence-corrected chi connectivity index (χ2v) is 11.3. The summed E-state index contributed by atoms with van der Waals surface area (Å²) in [6.45, 7) is 0. The molecule has 43 heavy (non-hydrogen) atoms. The zero-order valence-electron chi connectivity index (χ0n) is 23.3. The summed E-state index contributed by atoms with van der Waals surface area (Å²) in [4.78, 5) is 14.1. The Morgan fingerprint density at radius 2 is 1.02 bits per heavy atom. The van der Waals surface area contributed by atoms with Gasteiger partial charge in [0.2, 0.25) is 0 Å². The van der Waals surface area contributed by atoms with Crippen molar-refractivity contribution >= 4 is 64.8 Å². The SMILES string of the molecule is O=c1c2cc3ccccc3cc2c2cc(-c3cccc4c3ccc3cc5ccccc5cc34)ccc2n1-c1ccccc1. The van der Waals surface area contributed by atoms with E-state index in [2.05, 4.69) is 109 Å². The lowest BCUT2D eigenvalue weighted by Gasteiger charge is -2.16. The fourth-order valence-corrected chi connectivity index (χ4v) is 6.85. The third-order valence-electron chi connectivity index (χ3n) is 8.92. The fourth-order valence-electron chi connectivity index (χ4n) is 6.85. The summed E-state index contributed by atoms with van der Waals surface area (Å²) >= 11 is 0. The molecule has 0 spiro atoms. The van der Waals surface area contributed by atoms with Crippen LogP contribution in [0.25, 0.3) is 81.6 Å². The van der Waals surface area contributed by atoms with E-state index in [1.807, 2.05) is 47.0 Å². The first-order valence-electron chi connectivity index (χ1n) is 14.6. The van der Waals surface area contributed by atoms with Gasteiger partial charge in [-0.1, -0.05) is 103 Å². The van der Waals surface area contributed by atoms with Gasteiger partial charge in [0, 0.05) is 16.5 Å². The molecule has 0 aliphatic heterocycles. The standard InChI is InChI=1S/C41H25NO/c43-41-39-24-29-12-7-6-11-28(29)23-37(39)38-25-31(18-20-40(38)42(41)32-13-2-1-3-14-32)33-15-8-16-34-35(33)19-17-30-21-26-9-4-5-10-27(26)22-36(30)34/h1-25H. The molecular formula is C41H25NO. The topological polar surface area (TPSA) is 22.0 Å². The van der Waals surface area contributed by atoms with Crippen molar-refractivity contribution in [3.63, 3.8) is 0 Å². The Hall–Kier alpha value is -5.73. The predicted octanol–water partition coefficient (Wildman–Crippen LogP) is 10.4. The van der Waals surface area contributed by atoms with Gasteiger partial charge in [-0.25, -0.2) is 0 Å². The molecule has 0 saturated carbocycles. The van der Waals surface area contributed by atoms with Gasteiger partial charge in [0.05, 0.1) is 5.52 Å². The van der Waals surface area contributed by atoms with Gasteiger partial charge in [0.1, 0.15) is 0 Å². The maximum absolute atomic E-state index is 14.1. The zero-order valence-corrected chi connectivity index (χ0v) is 23.3. The monoisotopic (exact) mass is 547 g/mol. The van der Waals surface area contributed by atoms with Gasteiger partial charge in [-0.2, -0.15) is 0 Å². The Bertz CT molecular complexity index is 2630. The first-order valence-corrected chi connectivity index (χ1v) is 14.6. The molecule has 0 fully saturated rings. The average molecular weight is 548 g/mol. The number of hydrogen-bond donors (Lipinski definition) is 0. The number of para-hydroxylation sites is 1. The highest BCUT2D eigenvalue weighted by Crippen LogP contribution is 2.37. The lowest BCUT2D eigenvalue weighted by molar-refractivity contribution is 1.06. The minimum absolute atomic E-state index is 0.00365. The van der Waals surface area contributed by atoms with Crippen LogP contribution in [-0.2, 0) is 0 Å². The number of fused-ring (bicyclic) bond motifs is 8. The van der Waals surface area contributed by atoms with Gasteiger partial charge >= 0.3 is 0 Å². The highest BCUT2D eigenvalue weighted by molar-refractivity contribution is 6.17. The first kappa shape index (κ1) is 23.9. The van der Waals surface area contributed by atoms with E-state index in [0.29, 0.717) is 0 Å². The quantitative estimate of drug-likeness (QED) is 0.156. The van der Waals surface area contributed by atoms with Gasteiger partial charge in [0.25, 0.3) is 5.56 Å². The van der Waals surface area contributed by atoms with Crippen molar-refractivity contribution in [3.05, 3.63) is 162 Å². The van der Waals surface area contributed by atoms with Crippen molar-refractivity contribution in [3.8, 4) is 16.8 Å². The van der Waals surface area contributed by atoms with Gasteiger partial charge in [-0.05, 0) is 108 Å². The Balaban J connectivity index is 1.36. The maximum atomic E-state index is 14.1. The van der Waals surface area contributed by atoms with Gasteiger partial charge in [0.15, 0.2) is 0 Å². The van der Waals surface area contributed by atoms with Gasteiger partial charge < -0.3 is 0 Å². The molecule has 200 valence electrons. The molecule has 1 heterocycles. The Kier molecular flexibility index (Phi) is 5.08. The van der Waals surface area contributed by atoms with E-state index in [1.165, 1.54) is 37.9 Å². The number of pyridine rings is 1. The summed E-state index contributed by atoms with van der Waals surface area (Å²) in [6.07, 6.45) is 0. The van der Waals surface area contributed by atoms with E-state index >= 15 is 0 Å². The molecule has 0 saturated heterocycles. The normalized spacial score (nSPS) is 11.8. The van der Waals surface area contributed by atoms with Crippen LogP contribution < -0.4 is 5.56 Å². The van der Waals surface area contributed by atoms with Crippen LogP contribution in [0.4, 0.5) is 0 Å². The van der Waals surface area contributed by atoms with Crippen LogP contribution in [0, 0.1) is 0 Å². The van der Waals surface area contributed by atoms with Crippen molar-refractivity contribution in [1.82, 2.24) is 4.57 Å². The lowest BCUT2D eigenvalue weighted by Crippen LogP contribution is -2.19. The molecular weight excluding hydrogens is 522 g/mol. The smallest absolute Gasteiger partial charge is 0.263 e. The van der Waals surface area contributed by atoms with Gasteiger partial charge in [-0.15, -0.1) is 0 Å². The Morgan fingerprint density at radius 3 is 1.77 bits per heavy atom. The lowest BCUT2D eigenvalue weighted by atomic mass is 9.92. The van der Waals surface area contributed by atoms with Crippen LogP contribution in [-0.4, -0.2) is 4.57 Å². The second-order valence-electron chi connectivity index (χ2n) is 11.3. The van der Waals surface area contributed by atoms with E-state index in [-0.39, 0.29) is 5.56 Å². The fraction of sp³-hybridized carbons (Fsp3) is 0. The van der Waals surface area contributed by atoms with Gasteiger partial charge in [-0.3, -0.25) is 9.36 Å². The molecule has 0 radical (unpaired) electrons. The minimum Gasteiger partial charge on any atom is -0.276 e. The van der Waals surface area contributed by atoms with Crippen LogP contribution in [0.1, 0.15) is 0 Å². The summed E-state index contributed by atoms with van der Waals surface area (Å²) < 4.78 is 1.86. The van der Waals surface area contributed by atoms with Crippen molar-refractivity contribution in [2.75, 3.05) is 0 Å². The minimum atomic E-state index is -0.00365. The van der Waals surface area contributed by atoms with Crippen molar-refractivity contribution in [2.24, 2.45) is 0 Å². The molecule has 0 bridgehead atoms. The molecule has 0 amide bonds. The molecule has 0 atom stereocenters. The number of aromatic nitrogens is 1. The van der Waals surface area contributed by atoms with E-state index in [9.17, 15) is 4.79 Å². The third-order valence-corrected chi connectivity index (χ3v) is 8.92. The Morgan fingerprint density at radius 1 is 0.372 bits per heavy atom. The van der Waals surface area contributed by atoms with Crippen LogP contribution in [0.2, 0.25) is 0 Å². The Labute approximate surface area is 247 Å². The molecule has 0 unspecified atom stereocenters. The predicted molar refractivity (Wildman–Crippen MR) is 183 cm³/mol. The number of rotatable bonds is 2. The molecule has 9 aromatic rings. The number of nitrogens with zero attached hydrogens (tertiary/aromatic N) is 1.